The van der Waals surface area contributed by atoms with Gasteiger partial charge in [-0.15, -0.1) is 10.2 Å². The van der Waals surface area contributed by atoms with Gasteiger partial charge in [-0.25, -0.2) is 4.39 Å². The van der Waals surface area contributed by atoms with Gasteiger partial charge in [-0.3, -0.25) is 9.69 Å². The van der Waals surface area contributed by atoms with Crippen molar-refractivity contribution in [2.24, 2.45) is 0 Å². The third-order valence-corrected chi connectivity index (χ3v) is 5.97. The van der Waals surface area contributed by atoms with Crippen molar-refractivity contribution < 1.29 is 14.3 Å². The van der Waals surface area contributed by atoms with E-state index in [1.165, 1.54) is 12.1 Å². The standard InChI is InChI=1S/C22H29FN6O2/c23-19-3-1-18(2-4-19)17-22(31)29-13-11-28(12-14-29)21-6-5-20(24-25-21)27-9-7-26(8-10-27)15-16-30/h1-6,30H,7-17H2. The van der Waals surface area contributed by atoms with E-state index in [9.17, 15) is 9.18 Å². The summed E-state index contributed by atoms with van der Waals surface area (Å²) < 4.78 is 13.0. The van der Waals surface area contributed by atoms with Crippen molar-refractivity contribution in [3.63, 3.8) is 0 Å². The smallest absolute Gasteiger partial charge is 0.227 e. The predicted octanol–water partition coefficient (Wildman–Crippen LogP) is 0.621. The Bertz CT molecular complexity index is 847. The van der Waals surface area contributed by atoms with E-state index in [1.54, 1.807) is 12.1 Å². The van der Waals surface area contributed by atoms with Crippen LogP contribution in [0.25, 0.3) is 0 Å². The Hall–Kier alpha value is -2.78. The molecule has 1 aromatic carbocycles. The molecule has 2 aromatic rings. The highest BCUT2D eigenvalue weighted by Gasteiger charge is 2.23. The van der Waals surface area contributed by atoms with Crippen LogP contribution in [0.3, 0.4) is 0 Å². The first-order valence-corrected chi connectivity index (χ1v) is 10.8. The van der Waals surface area contributed by atoms with Gasteiger partial charge in [-0.2, -0.15) is 0 Å². The molecule has 31 heavy (non-hydrogen) atoms. The van der Waals surface area contributed by atoms with Crippen molar-refractivity contribution in [3.8, 4) is 0 Å². The summed E-state index contributed by atoms with van der Waals surface area (Å²) in [6.45, 7) is 7.19. The molecule has 3 heterocycles. The molecule has 1 aromatic heterocycles. The molecule has 9 heteroatoms. The summed E-state index contributed by atoms with van der Waals surface area (Å²) in [5.74, 6) is 1.47. The van der Waals surface area contributed by atoms with Crippen molar-refractivity contribution in [3.05, 3.63) is 47.8 Å². The minimum Gasteiger partial charge on any atom is -0.395 e. The van der Waals surface area contributed by atoms with Crippen LogP contribution in [0.15, 0.2) is 36.4 Å². The minimum absolute atomic E-state index is 0.0630. The molecule has 0 saturated carbocycles. The van der Waals surface area contributed by atoms with Crippen LogP contribution in [-0.2, 0) is 11.2 Å². The second-order valence-corrected chi connectivity index (χ2v) is 7.97. The van der Waals surface area contributed by atoms with Crippen LogP contribution in [0.1, 0.15) is 5.56 Å². The van der Waals surface area contributed by atoms with Gasteiger partial charge in [0.1, 0.15) is 5.82 Å². The van der Waals surface area contributed by atoms with Crippen LogP contribution in [0.4, 0.5) is 16.0 Å². The molecule has 0 spiro atoms. The van der Waals surface area contributed by atoms with Gasteiger partial charge in [0.05, 0.1) is 13.0 Å². The fourth-order valence-electron chi connectivity index (χ4n) is 4.07. The molecule has 0 bridgehead atoms. The largest absolute Gasteiger partial charge is 0.395 e. The number of aliphatic hydroxyl groups excluding tert-OH is 1. The molecule has 166 valence electrons. The predicted molar refractivity (Wildman–Crippen MR) is 117 cm³/mol. The number of β-amino-alcohol motifs (C(OH)–C–C–N with tert-alkyl or cyclic N) is 1. The average Bonchev–Trinajstić information content (AvgIpc) is 2.81. The molecular formula is C22H29FN6O2. The van der Waals surface area contributed by atoms with E-state index in [0.717, 1.165) is 49.9 Å². The zero-order valence-corrected chi connectivity index (χ0v) is 17.7. The van der Waals surface area contributed by atoms with Gasteiger partial charge in [0.15, 0.2) is 11.6 Å². The van der Waals surface area contributed by atoms with Crippen LogP contribution in [0, 0.1) is 5.82 Å². The van der Waals surface area contributed by atoms with Crippen LogP contribution in [0.5, 0.6) is 0 Å². The van der Waals surface area contributed by atoms with E-state index < -0.39 is 0 Å². The van der Waals surface area contributed by atoms with Gasteiger partial charge in [0.2, 0.25) is 5.91 Å². The number of carbonyl (C=O) groups is 1. The number of anilines is 2. The highest BCUT2D eigenvalue weighted by molar-refractivity contribution is 5.79. The normalized spacial score (nSPS) is 17.8. The highest BCUT2D eigenvalue weighted by Crippen LogP contribution is 2.18. The number of benzene rings is 1. The molecule has 4 rings (SSSR count). The van der Waals surface area contributed by atoms with Crippen molar-refractivity contribution >= 4 is 17.5 Å². The first-order chi connectivity index (χ1) is 15.1. The summed E-state index contributed by atoms with van der Waals surface area (Å²) in [6, 6.07) is 10.1. The number of halogens is 1. The lowest BCUT2D eigenvalue weighted by atomic mass is 10.1. The summed E-state index contributed by atoms with van der Waals surface area (Å²) >= 11 is 0. The first kappa shape index (κ1) is 21.5. The summed E-state index contributed by atoms with van der Waals surface area (Å²) in [5, 5.41) is 17.9. The number of aromatic nitrogens is 2. The summed E-state index contributed by atoms with van der Waals surface area (Å²) in [5.41, 5.74) is 0.826. The number of carbonyl (C=O) groups excluding carboxylic acids is 1. The molecule has 0 unspecified atom stereocenters. The van der Waals surface area contributed by atoms with Gasteiger partial charge < -0.3 is 19.8 Å². The molecular weight excluding hydrogens is 399 g/mol. The Kier molecular flexibility index (Phi) is 6.93. The van der Waals surface area contributed by atoms with E-state index >= 15 is 0 Å². The Labute approximate surface area is 181 Å². The quantitative estimate of drug-likeness (QED) is 0.723. The Morgan fingerprint density at radius 1 is 0.839 bits per heavy atom. The number of hydrogen-bond donors (Lipinski definition) is 1. The maximum atomic E-state index is 13.0. The minimum atomic E-state index is -0.291. The van der Waals surface area contributed by atoms with Crippen LogP contribution < -0.4 is 9.80 Å². The third kappa shape index (κ3) is 5.48. The molecule has 1 N–H and O–H groups in total. The molecule has 0 atom stereocenters. The number of nitrogens with zero attached hydrogens (tertiary/aromatic N) is 6. The van der Waals surface area contributed by atoms with Crippen LogP contribution >= 0.6 is 0 Å². The number of rotatable bonds is 6. The van der Waals surface area contributed by atoms with E-state index in [1.807, 2.05) is 17.0 Å². The average molecular weight is 429 g/mol. The first-order valence-electron chi connectivity index (χ1n) is 10.8. The van der Waals surface area contributed by atoms with Gasteiger partial charge in [0, 0.05) is 58.9 Å². The van der Waals surface area contributed by atoms with Crippen LogP contribution in [-0.4, -0.2) is 96.5 Å². The maximum Gasteiger partial charge on any atom is 0.227 e. The van der Waals surface area contributed by atoms with E-state index in [0.29, 0.717) is 32.6 Å². The van der Waals surface area contributed by atoms with Crippen molar-refractivity contribution in [2.75, 3.05) is 75.3 Å². The van der Waals surface area contributed by atoms with E-state index in [4.69, 9.17) is 5.11 Å². The van der Waals surface area contributed by atoms with Gasteiger partial charge in [-0.1, -0.05) is 12.1 Å². The van der Waals surface area contributed by atoms with Crippen molar-refractivity contribution in [2.45, 2.75) is 6.42 Å². The number of hydrogen-bond acceptors (Lipinski definition) is 7. The van der Waals surface area contributed by atoms with Crippen molar-refractivity contribution in [1.29, 1.82) is 0 Å². The van der Waals surface area contributed by atoms with Gasteiger partial charge >= 0.3 is 0 Å². The summed E-state index contributed by atoms with van der Waals surface area (Å²) in [7, 11) is 0. The summed E-state index contributed by atoms with van der Waals surface area (Å²) in [4.78, 5) is 21.0. The molecule has 2 fully saturated rings. The monoisotopic (exact) mass is 428 g/mol. The molecule has 2 saturated heterocycles. The Morgan fingerprint density at radius 3 is 1.90 bits per heavy atom. The van der Waals surface area contributed by atoms with Crippen LogP contribution in [0.2, 0.25) is 0 Å². The maximum absolute atomic E-state index is 13.0. The lowest BCUT2D eigenvalue weighted by molar-refractivity contribution is -0.130. The van der Waals surface area contributed by atoms with Crippen molar-refractivity contribution in [1.82, 2.24) is 20.0 Å². The Balaban J connectivity index is 1.26. The zero-order valence-electron chi connectivity index (χ0n) is 17.7. The fraction of sp³-hybridized carbons (Fsp3) is 0.500. The topological polar surface area (TPSA) is 76.0 Å². The molecule has 0 radical (unpaired) electrons. The van der Waals surface area contributed by atoms with E-state index in [-0.39, 0.29) is 18.3 Å². The lowest BCUT2D eigenvalue weighted by Crippen LogP contribution is -2.49. The molecule has 2 aliphatic rings. The Morgan fingerprint density at radius 2 is 1.39 bits per heavy atom. The van der Waals surface area contributed by atoms with E-state index in [2.05, 4.69) is 24.9 Å². The number of amides is 1. The van der Waals surface area contributed by atoms with Gasteiger partial charge in [-0.05, 0) is 29.8 Å². The fourth-order valence-corrected chi connectivity index (χ4v) is 4.07. The number of piperazine rings is 2. The second kappa shape index (κ2) is 10.0. The molecule has 1 amide bonds. The second-order valence-electron chi connectivity index (χ2n) is 7.97. The lowest BCUT2D eigenvalue weighted by Gasteiger charge is -2.36. The van der Waals surface area contributed by atoms with Gasteiger partial charge in [0.25, 0.3) is 0 Å². The third-order valence-electron chi connectivity index (χ3n) is 5.97. The highest BCUT2D eigenvalue weighted by atomic mass is 19.1. The zero-order chi connectivity index (χ0) is 21.6. The molecule has 2 aliphatic heterocycles. The molecule has 0 aliphatic carbocycles. The SMILES string of the molecule is O=C(Cc1ccc(F)cc1)N1CCN(c2ccc(N3CCN(CCO)CC3)nn2)CC1. The number of aliphatic hydroxyl groups is 1. The molecule has 8 nitrogen and oxygen atoms in total. The summed E-state index contributed by atoms with van der Waals surface area (Å²) in [6.07, 6.45) is 0.292.